The summed E-state index contributed by atoms with van der Waals surface area (Å²) in [6, 6.07) is 0. The van der Waals surface area contributed by atoms with Gasteiger partial charge in [-0.3, -0.25) is 9.59 Å². The zero-order chi connectivity index (χ0) is 16.0. The Morgan fingerprint density at radius 1 is 1.30 bits per heavy atom. The molecule has 0 saturated carbocycles. The van der Waals surface area contributed by atoms with Gasteiger partial charge in [0, 0.05) is 20.2 Å². The first-order valence-electron chi connectivity index (χ1n) is 7.16. The Bertz CT molecular complexity index is 258. The van der Waals surface area contributed by atoms with Crippen molar-refractivity contribution in [3.8, 4) is 0 Å². The Balaban J connectivity index is 0. The summed E-state index contributed by atoms with van der Waals surface area (Å²) >= 11 is 0. The minimum Gasteiger partial charge on any atom is -0.383 e. The third-order valence-electron chi connectivity index (χ3n) is 2.13. The lowest BCUT2D eigenvalue weighted by Crippen LogP contribution is -2.44. The molecule has 0 unspecified atom stereocenters. The topological polar surface area (TPSA) is 84.7 Å². The van der Waals surface area contributed by atoms with Crippen LogP contribution in [0.4, 0.5) is 0 Å². The molecule has 20 heavy (non-hydrogen) atoms. The minimum atomic E-state index is -0.324. The molecule has 120 valence electrons. The fourth-order valence-corrected chi connectivity index (χ4v) is 1.32. The van der Waals surface area contributed by atoms with Gasteiger partial charge in [-0.15, -0.1) is 0 Å². The molecule has 0 aliphatic rings. The van der Waals surface area contributed by atoms with E-state index in [2.05, 4.69) is 19.2 Å². The van der Waals surface area contributed by atoms with Gasteiger partial charge < -0.3 is 20.7 Å². The van der Waals surface area contributed by atoms with Crippen molar-refractivity contribution in [1.29, 1.82) is 0 Å². The summed E-state index contributed by atoms with van der Waals surface area (Å²) in [5, 5.41) is 2.47. The Labute approximate surface area is 123 Å². The molecule has 6 nitrogen and oxygen atoms in total. The van der Waals surface area contributed by atoms with Crippen LogP contribution >= 0.6 is 0 Å². The van der Waals surface area contributed by atoms with Gasteiger partial charge >= 0.3 is 0 Å². The van der Waals surface area contributed by atoms with Crippen LogP contribution < -0.4 is 11.1 Å². The molecule has 0 spiro atoms. The zero-order valence-electron chi connectivity index (χ0n) is 13.6. The van der Waals surface area contributed by atoms with Crippen LogP contribution in [-0.2, 0) is 14.3 Å². The average molecular weight is 289 g/mol. The number of ether oxygens (including phenoxy) is 1. The highest BCUT2D eigenvalue weighted by Gasteiger charge is 2.14. The van der Waals surface area contributed by atoms with E-state index in [-0.39, 0.29) is 24.9 Å². The Morgan fingerprint density at radius 3 is 2.25 bits per heavy atom. The van der Waals surface area contributed by atoms with Gasteiger partial charge in [0.2, 0.25) is 11.8 Å². The fourth-order valence-electron chi connectivity index (χ4n) is 1.32. The molecule has 6 heteroatoms. The van der Waals surface area contributed by atoms with Gasteiger partial charge in [0.1, 0.15) is 0 Å². The van der Waals surface area contributed by atoms with Crippen molar-refractivity contribution in [1.82, 2.24) is 10.2 Å². The van der Waals surface area contributed by atoms with Crippen molar-refractivity contribution in [3.63, 3.8) is 0 Å². The van der Waals surface area contributed by atoms with Gasteiger partial charge in [0.25, 0.3) is 0 Å². The number of carbonyl (C=O) groups is 2. The quantitative estimate of drug-likeness (QED) is 0.685. The second kappa shape index (κ2) is 14.3. The van der Waals surface area contributed by atoms with Crippen LogP contribution in [0.3, 0.4) is 0 Å². The van der Waals surface area contributed by atoms with Crippen LogP contribution in [0.2, 0.25) is 0 Å². The smallest absolute Gasteiger partial charge is 0.242 e. The molecule has 0 fully saturated rings. The summed E-state index contributed by atoms with van der Waals surface area (Å²) < 4.78 is 4.95. The van der Waals surface area contributed by atoms with E-state index in [0.717, 1.165) is 0 Å². The Hall–Kier alpha value is -1.14. The molecule has 0 heterocycles. The molecule has 0 aromatic carbocycles. The first-order valence-corrected chi connectivity index (χ1v) is 7.16. The minimum absolute atomic E-state index is 0.00747. The van der Waals surface area contributed by atoms with E-state index >= 15 is 0 Å². The highest BCUT2D eigenvalue weighted by atomic mass is 16.5. The van der Waals surface area contributed by atoms with Gasteiger partial charge in [0.15, 0.2) is 0 Å². The van der Waals surface area contributed by atoms with E-state index in [0.29, 0.717) is 25.6 Å². The second-order valence-corrected chi connectivity index (χ2v) is 4.91. The third kappa shape index (κ3) is 13.3. The maximum atomic E-state index is 11.8. The van der Waals surface area contributed by atoms with E-state index in [9.17, 15) is 9.59 Å². The largest absolute Gasteiger partial charge is 0.383 e. The van der Waals surface area contributed by atoms with Gasteiger partial charge in [-0.25, -0.2) is 0 Å². The first-order chi connectivity index (χ1) is 9.42. The normalized spacial score (nSPS) is 9.75. The highest BCUT2D eigenvalue weighted by Crippen LogP contribution is 1.99. The van der Waals surface area contributed by atoms with Gasteiger partial charge in [0.05, 0.1) is 19.7 Å². The maximum Gasteiger partial charge on any atom is 0.242 e. The lowest BCUT2D eigenvalue weighted by Gasteiger charge is -2.24. The Morgan fingerprint density at radius 2 is 1.85 bits per heavy atom. The summed E-state index contributed by atoms with van der Waals surface area (Å²) in [4.78, 5) is 24.4. The molecule has 0 rings (SSSR count). The van der Waals surface area contributed by atoms with Gasteiger partial charge in [-0.1, -0.05) is 34.1 Å². The molecule has 2 amide bonds. The van der Waals surface area contributed by atoms with E-state index in [1.807, 2.05) is 13.8 Å². The van der Waals surface area contributed by atoms with E-state index in [1.54, 1.807) is 12.0 Å². The molecular weight excluding hydrogens is 258 g/mol. The van der Waals surface area contributed by atoms with Crippen molar-refractivity contribution in [2.75, 3.05) is 39.9 Å². The summed E-state index contributed by atoms with van der Waals surface area (Å²) in [7, 11) is 1.59. The number of methoxy groups -OCH3 is 1. The lowest BCUT2D eigenvalue weighted by molar-refractivity contribution is -0.133. The summed E-state index contributed by atoms with van der Waals surface area (Å²) in [5.41, 5.74) is 5.14. The maximum absolute atomic E-state index is 11.8. The summed E-state index contributed by atoms with van der Waals surface area (Å²) in [6.45, 7) is 9.88. The second-order valence-electron chi connectivity index (χ2n) is 4.91. The molecule has 0 aliphatic heterocycles. The predicted molar refractivity (Wildman–Crippen MR) is 81.3 cm³/mol. The number of hydrogen-bond donors (Lipinski definition) is 2. The van der Waals surface area contributed by atoms with Crippen LogP contribution in [0, 0.1) is 5.92 Å². The van der Waals surface area contributed by atoms with E-state index in [1.165, 1.54) is 6.42 Å². The number of nitrogens with zero attached hydrogens (tertiary/aromatic N) is 1. The van der Waals surface area contributed by atoms with Crippen molar-refractivity contribution < 1.29 is 14.3 Å². The summed E-state index contributed by atoms with van der Waals surface area (Å²) in [5.74, 6) is -0.0619. The molecule has 0 radical (unpaired) electrons. The number of hydrogen-bond acceptors (Lipinski definition) is 4. The third-order valence-corrected chi connectivity index (χ3v) is 2.13. The van der Waals surface area contributed by atoms with Crippen molar-refractivity contribution in [3.05, 3.63) is 0 Å². The number of nitrogens with two attached hydrogens (primary N) is 1. The van der Waals surface area contributed by atoms with Gasteiger partial charge in [-0.2, -0.15) is 0 Å². The van der Waals surface area contributed by atoms with E-state index < -0.39 is 0 Å². The van der Waals surface area contributed by atoms with Crippen LogP contribution in [0.25, 0.3) is 0 Å². The molecule has 0 bridgehead atoms. The summed E-state index contributed by atoms with van der Waals surface area (Å²) in [6.07, 6.45) is 1.25. The molecule has 3 N–H and O–H groups in total. The van der Waals surface area contributed by atoms with Gasteiger partial charge in [-0.05, 0) is 5.92 Å². The number of carbonyl (C=O) groups excluding carboxylic acids is 2. The van der Waals surface area contributed by atoms with Crippen molar-refractivity contribution in [2.24, 2.45) is 11.7 Å². The molecule has 0 aromatic rings. The first kappa shape index (κ1) is 21.2. The number of nitrogens with one attached hydrogen (secondary N) is 1. The monoisotopic (exact) mass is 289 g/mol. The lowest BCUT2D eigenvalue weighted by atomic mass is 10.2. The van der Waals surface area contributed by atoms with Crippen LogP contribution in [0.1, 0.15) is 34.1 Å². The number of amides is 2. The average Bonchev–Trinajstić information content (AvgIpc) is 2.40. The fraction of sp³-hybridized carbons (Fsp3) is 0.857. The van der Waals surface area contributed by atoms with E-state index in [4.69, 9.17) is 10.5 Å². The van der Waals surface area contributed by atoms with Crippen LogP contribution in [0.5, 0.6) is 0 Å². The molecule has 0 aromatic heterocycles. The Kier molecular flexibility index (Phi) is 15.1. The standard InChI is InChI=1S/C11H23N3O3.C3H8/c1-9(2)8-14(4-5-17-3)11(16)7-13-10(15)6-12;1-3-2/h9H,4-8,12H2,1-3H3,(H,13,15);3H2,1-2H3. The molecule has 0 atom stereocenters. The molecular formula is C14H31N3O3. The number of rotatable bonds is 8. The molecule has 0 aliphatic carbocycles. The van der Waals surface area contributed by atoms with Crippen LogP contribution in [0.15, 0.2) is 0 Å². The van der Waals surface area contributed by atoms with Crippen LogP contribution in [-0.4, -0.2) is 56.6 Å². The highest BCUT2D eigenvalue weighted by molar-refractivity contribution is 5.85. The van der Waals surface area contributed by atoms with Crippen molar-refractivity contribution >= 4 is 11.8 Å². The SMILES string of the molecule is CCC.COCCN(CC(C)C)C(=O)CNC(=O)CN. The van der Waals surface area contributed by atoms with Crippen molar-refractivity contribution in [2.45, 2.75) is 34.1 Å². The zero-order valence-corrected chi connectivity index (χ0v) is 13.6. The molecule has 0 saturated heterocycles. The predicted octanol–water partition coefficient (Wildman–Crippen LogP) is 0.609.